The molecule has 1 aromatic carbocycles. The number of fused-ring (bicyclic) bond motifs is 1. The van der Waals surface area contributed by atoms with Crippen LogP contribution >= 0.6 is 22.9 Å². The third-order valence-corrected chi connectivity index (χ3v) is 5.51. The standard InChI is InChI=1S/C19H18ClNO3S/c1-2-24-19(23)17-13-7-5-9-15(13)25-18(17)21-16(22)11-10-12-6-3-4-8-14(12)20/h3-4,6,8,10-11H,2,5,7,9H2,1H3,(H,21,22)/b11-10+. The van der Waals surface area contributed by atoms with Crippen molar-refractivity contribution in [2.75, 3.05) is 11.9 Å². The first-order chi connectivity index (χ1) is 12.1. The Morgan fingerprint density at radius 1 is 1.32 bits per heavy atom. The first-order valence-corrected chi connectivity index (χ1v) is 9.34. The predicted octanol–water partition coefficient (Wildman–Crippen LogP) is 4.72. The zero-order valence-electron chi connectivity index (χ0n) is 13.8. The first-order valence-electron chi connectivity index (χ1n) is 8.15. The molecule has 0 radical (unpaired) electrons. The van der Waals surface area contributed by atoms with Crippen LogP contribution in [0.25, 0.3) is 6.08 Å². The molecule has 0 unspecified atom stereocenters. The molecule has 1 amide bonds. The number of carbonyl (C=O) groups is 2. The highest BCUT2D eigenvalue weighted by molar-refractivity contribution is 7.17. The molecule has 0 aliphatic heterocycles. The lowest BCUT2D eigenvalue weighted by Gasteiger charge is -2.06. The smallest absolute Gasteiger partial charge is 0.341 e. The molecule has 25 heavy (non-hydrogen) atoms. The van der Waals surface area contributed by atoms with E-state index in [-0.39, 0.29) is 11.9 Å². The van der Waals surface area contributed by atoms with Crippen LogP contribution in [-0.4, -0.2) is 18.5 Å². The van der Waals surface area contributed by atoms with Gasteiger partial charge in [-0.2, -0.15) is 0 Å². The summed E-state index contributed by atoms with van der Waals surface area (Å²) >= 11 is 7.54. The number of anilines is 1. The van der Waals surface area contributed by atoms with Gasteiger partial charge in [-0.05, 0) is 49.5 Å². The Morgan fingerprint density at radius 3 is 2.88 bits per heavy atom. The van der Waals surface area contributed by atoms with Gasteiger partial charge < -0.3 is 10.1 Å². The molecule has 1 N–H and O–H groups in total. The highest BCUT2D eigenvalue weighted by Gasteiger charge is 2.27. The van der Waals surface area contributed by atoms with Gasteiger partial charge in [-0.15, -0.1) is 11.3 Å². The topological polar surface area (TPSA) is 55.4 Å². The quantitative estimate of drug-likeness (QED) is 0.607. The number of rotatable bonds is 5. The molecule has 6 heteroatoms. The van der Waals surface area contributed by atoms with Gasteiger partial charge in [0, 0.05) is 16.0 Å². The van der Waals surface area contributed by atoms with E-state index < -0.39 is 0 Å². The van der Waals surface area contributed by atoms with Crippen LogP contribution in [0.4, 0.5) is 5.00 Å². The maximum atomic E-state index is 12.3. The third kappa shape index (κ3) is 3.94. The molecule has 0 bridgehead atoms. The monoisotopic (exact) mass is 375 g/mol. The highest BCUT2D eigenvalue weighted by atomic mass is 35.5. The normalized spacial score (nSPS) is 13.0. The van der Waals surface area contributed by atoms with Crippen LogP contribution in [0.1, 0.15) is 39.7 Å². The van der Waals surface area contributed by atoms with Crippen LogP contribution in [0, 0.1) is 0 Å². The minimum atomic E-state index is -0.368. The van der Waals surface area contributed by atoms with Crippen LogP contribution in [0.3, 0.4) is 0 Å². The van der Waals surface area contributed by atoms with Crippen molar-refractivity contribution in [1.29, 1.82) is 0 Å². The van der Waals surface area contributed by atoms with Crippen LogP contribution < -0.4 is 5.32 Å². The van der Waals surface area contributed by atoms with Crippen molar-refractivity contribution >= 4 is 45.9 Å². The number of aryl methyl sites for hydroxylation is 1. The maximum absolute atomic E-state index is 12.3. The van der Waals surface area contributed by atoms with E-state index in [1.165, 1.54) is 17.4 Å². The van der Waals surface area contributed by atoms with Crippen LogP contribution in [0.15, 0.2) is 30.3 Å². The lowest BCUT2D eigenvalue weighted by Crippen LogP contribution is -2.13. The van der Waals surface area contributed by atoms with Crippen molar-refractivity contribution in [3.8, 4) is 0 Å². The van der Waals surface area contributed by atoms with Crippen LogP contribution in [-0.2, 0) is 22.4 Å². The predicted molar refractivity (Wildman–Crippen MR) is 101 cm³/mol. The summed E-state index contributed by atoms with van der Waals surface area (Å²) in [6.07, 6.45) is 5.90. The Bertz CT molecular complexity index is 841. The first kappa shape index (κ1) is 17.7. The van der Waals surface area contributed by atoms with E-state index in [4.69, 9.17) is 16.3 Å². The molecule has 1 heterocycles. The molecule has 0 atom stereocenters. The number of esters is 1. The lowest BCUT2D eigenvalue weighted by molar-refractivity contribution is -0.111. The number of amides is 1. The van der Waals surface area contributed by atoms with Gasteiger partial charge in [0.25, 0.3) is 0 Å². The number of carbonyl (C=O) groups excluding carboxylic acids is 2. The van der Waals surface area contributed by atoms with Gasteiger partial charge in [0.1, 0.15) is 5.00 Å². The summed E-state index contributed by atoms with van der Waals surface area (Å²) in [5.74, 6) is -0.669. The van der Waals surface area contributed by atoms with Crippen LogP contribution in [0.5, 0.6) is 0 Å². The van der Waals surface area contributed by atoms with Gasteiger partial charge in [0.15, 0.2) is 0 Å². The maximum Gasteiger partial charge on any atom is 0.341 e. The van der Waals surface area contributed by atoms with Crippen molar-refractivity contribution < 1.29 is 14.3 Å². The van der Waals surface area contributed by atoms with Crippen molar-refractivity contribution in [3.05, 3.63) is 56.9 Å². The second-order valence-electron chi connectivity index (χ2n) is 5.63. The van der Waals surface area contributed by atoms with Crippen molar-refractivity contribution in [2.24, 2.45) is 0 Å². The number of benzene rings is 1. The third-order valence-electron chi connectivity index (χ3n) is 3.96. The summed E-state index contributed by atoms with van der Waals surface area (Å²) in [7, 11) is 0. The van der Waals surface area contributed by atoms with E-state index in [9.17, 15) is 9.59 Å². The molecule has 130 valence electrons. The number of nitrogens with one attached hydrogen (secondary N) is 1. The van der Waals surface area contributed by atoms with E-state index in [1.807, 2.05) is 18.2 Å². The molecule has 3 rings (SSSR count). The summed E-state index contributed by atoms with van der Waals surface area (Å²) < 4.78 is 5.16. The molecule has 1 aliphatic rings. The Hall–Kier alpha value is -2.11. The molecule has 0 saturated heterocycles. The van der Waals surface area contributed by atoms with Crippen molar-refractivity contribution in [1.82, 2.24) is 0 Å². The van der Waals surface area contributed by atoms with E-state index in [1.54, 1.807) is 19.1 Å². The van der Waals surface area contributed by atoms with Gasteiger partial charge in [0.05, 0.1) is 12.2 Å². The Balaban J connectivity index is 1.80. The zero-order chi connectivity index (χ0) is 17.8. The molecule has 1 aromatic heterocycles. The summed E-state index contributed by atoms with van der Waals surface area (Å²) in [5.41, 5.74) is 2.30. The Morgan fingerprint density at radius 2 is 2.12 bits per heavy atom. The Labute approximate surface area is 155 Å². The molecule has 0 fully saturated rings. The molecule has 4 nitrogen and oxygen atoms in total. The SMILES string of the molecule is CCOC(=O)c1c(NC(=O)/C=C/c2ccccc2Cl)sc2c1CCC2. The lowest BCUT2D eigenvalue weighted by atomic mass is 10.1. The number of hydrogen-bond acceptors (Lipinski definition) is 4. The average Bonchev–Trinajstić information content (AvgIpc) is 3.14. The fraction of sp³-hybridized carbons (Fsp3) is 0.263. The second kappa shape index (κ2) is 7.85. The van der Waals surface area contributed by atoms with Gasteiger partial charge in [-0.3, -0.25) is 4.79 Å². The van der Waals surface area contributed by atoms with Crippen molar-refractivity contribution in [3.63, 3.8) is 0 Å². The van der Waals surface area contributed by atoms with E-state index >= 15 is 0 Å². The molecule has 0 saturated carbocycles. The largest absolute Gasteiger partial charge is 0.462 e. The molecular formula is C19H18ClNO3S. The van der Waals surface area contributed by atoms with Crippen molar-refractivity contribution in [2.45, 2.75) is 26.2 Å². The molecular weight excluding hydrogens is 358 g/mol. The van der Waals surface area contributed by atoms with E-state index in [0.29, 0.717) is 22.2 Å². The Kier molecular flexibility index (Phi) is 5.56. The van der Waals surface area contributed by atoms with Gasteiger partial charge in [-0.25, -0.2) is 4.79 Å². The summed E-state index contributed by atoms with van der Waals surface area (Å²) in [4.78, 5) is 25.7. The number of hydrogen-bond donors (Lipinski definition) is 1. The fourth-order valence-electron chi connectivity index (χ4n) is 2.84. The average molecular weight is 376 g/mol. The minimum Gasteiger partial charge on any atom is -0.462 e. The van der Waals surface area contributed by atoms with Gasteiger partial charge in [0.2, 0.25) is 5.91 Å². The van der Waals surface area contributed by atoms with Gasteiger partial charge in [-0.1, -0.05) is 29.8 Å². The molecule has 1 aliphatic carbocycles. The number of thiophene rings is 1. The number of ether oxygens (including phenoxy) is 1. The fourth-order valence-corrected chi connectivity index (χ4v) is 4.32. The van der Waals surface area contributed by atoms with E-state index in [2.05, 4.69) is 5.32 Å². The summed E-state index contributed by atoms with van der Waals surface area (Å²) in [6, 6.07) is 7.28. The van der Waals surface area contributed by atoms with E-state index in [0.717, 1.165) is 35.3 Å². The number of halogens is 1. The minimum absolute atomic E-state index is 0.301. The molecule has 0 spiro atoms. The van der Waals surface area contributed by atoms with Crippen LogP contribution in [0.2, 0.25) is 5.02 Å². The molecule has 2 aromatic rings. The second-order valence-corrected chi connectivity index (χ2v) is 7.14. The van der Waals surface area contributed by atoms with Gasteiger partial charge >= 0.3 is 5.97 Å². The summed E-state index contributed by atoms with van der Waals surface area (Å²) in [6.45, 7) is 2.08. The summed E-state index contributed by atoms with van der Waals surface area (Å²) in [5, 5.41) is 3.96. The highest BCUT2D eigenvalue weighted by Crippen LogP contribution is 2.39. The zero-order valence-corrected chi connectivity index (χ0v) is 15.4.